The number of carboxylic acid groups (broad SMARTS) is 1. The predicted molar refractivity (Wildman–Crippen MR) is 79.2 cm³/mol. The van der Waals surface area contributed by atoms with E-state index in [0.29, 0.717) is 18.6 Å². The number of ether oxygens (including phenoxy) is 1. The average molecular weight is 330 g/mol. The van der Waals surface area contributed by atoms with Crippen LogP contribution in [0.2, 0.25) is 0 Å². The summed E-state index contributed by atoms with van der Waals surface area (Å²) in [6.07, 6.45) is -0.614. The maximum atomic E-state index is 10.5. The lowest BCUT2D eigenvalue weighted by Crippen LogP contribution is -2.10. The zero-order valence-electron chi connectivity index (χ0n) is 12.8. The third-order valence-electron chi connectivity index (χ3n) is 2.29. The van der Waals surface area contributed by atoms with Crippen molar-refractivity contribution < 1.29 is 29.6 Å². The average Bonchev–Trinajstić information content (AvgIpc) is 2.44. The molecule has 1 unspecified atom stereocenters. The molecule has 0 aromatic heterocycles. The minimum Gasteiger partial charge on any atom is -0.477 e. The summed E-state index contributed by atoms with van der Waals surface area (Å²) in [5.74, 6) is -0.999. The zero-order chi connectivity index (χ0) is 18.2. The molecule has 0 aliphatic rings. The molecule has 1 aromatic carbocycles. The van der Waals surface area contributed by atoms with E-state index >= 15 is 0 Å². The molecular weight excluding hydrogens is 312 g/mol. The Morgan fingerprint density at radius 1 is 1.22 bits per heavy atom. The SMILES string of the molecule is CC(C)COC(C)O.O=C(O)c1ccc([N+](=O)[O-])cc1[N+](=O)[O-]. The van der Waals surface area contributed by atoms with Crippen LogP contribution >= 0.6 is 0 Å². The van der Waals surface area contributed by atoms with Gasteiger partial charge in [-0.05, 0) is 18.9 Å². The Kier molecular flexibility index (Phi) is 8.37. The molecule has 0 radical (unpaired) electrons. The Morgan fingerprint density at radius 2 is 1.78 bits per heavy atom. The van der Waals surface area contributed by atoms with Crippen molar-refractivity contribution in [1.29, 1.82) is 0 Å². The van der Waals surface area contributed by atoms with E-state index in [1.54, 1.807) is 6.92 Å². The van der Waals surface area contributed by atoms with Gasteiger partial charge >= 0.3 is 5.97 Å². The second-order valence-electron chi connectivity index (χ2n) is 4.85. The van der Waals surface area contributed by atoms with E-state index in [4.69, 9.17) is 14.9 Å². The van der Waals surface area contributed by atoms with Crippen LogP contribution in [0.25, 0.3) is 0 Å². The lowest BCUT2D eigenvalue weighted by molar-refractivity contribution is -0.394. The van der Waals surface area contributed by atoms with E-state index in [1.807, 2.05) is 13.8 Å². The second kappa shape index (κ2) is 9.43. The lowest BCUT2D eigenvalue weighted by atomic mass is 10.1. The van der Waals surface area contributed by atoms with E-state index in [2.05, 4.69) is 0 Å². The topological polar surface area (TPSA) is 153 Å². The number of aliphatic hydroxyl groups excluding tert-OH is 1. The first-order chi connectivity index (χ1) is 10.6. The first-order valence-corrected chi connectivity index (χ1v) is 6.52. The van der Waals surface area contributed by atoms with E-state index in [1.165, 1.54) is 0 Å². The highest BCUT2D eigenvalue weighted by atomic mass is 16.6. The number of nitro benzene ring substituents is 2. The Morgan fingerprint density at radius 3 is 2.09 bits per heavy atom. The molecule has 0 heterocycles. The van der Waals surface area contributed by atoms with Crippen LogP contribution in [-0.2, 0) is 4.74 Å². The molecule has 0 saturated heterocycles. The third-order valence-corrected chi connectivity index (χ3v) is 2.29. The monoisotopic (exact) mass is 330 g/mol. The molecule has 0 aliphatic carbocycles. The van der Waals surface area contributed by atoms with Crippen LogP contribution in [0.1, 0.15) is 31.1 Å². The van der Waals surface area contributed by atoms with Crippen molar-refractivity contribution in [3.8, 4) is 0 Å². The van der Waals surface area contributed by atoms with Crippen molar-refractivity contribution in [2.45, 2.75) is 27.1 Å². The molecule has 0 saturated carbocycles. The van der Waals surface area contributed by atoms with Gasteiger partial charge in [0, 0.05) is 6.07 Å². The normalized spacial score (nSPS) is 11.3. The minimum atomic E-state index is -1.50. The summed E-state index contributed by atoms with van der Waals surface area (Å²) in [6.45, 7) is 6.34. The number of rotatable bonds is 6. The largest absolute Gasteiger partial charge is 0.477 e. The molecule has 0 amide bonds. The number of hydrogen-bond acceptors (Lipinski definition) is 7. The van der Waals surface area contributed by atoms with E-state index in [0.717, 1.165) is 12.1 Å². The van der Waals surface area contributed by atoms with Gasteiger partial charge in [-0.25, -0.2) is 4.79 Å². The van der Waals surface area contributed by atoms with E-state index in [-0.39, 0.29) is 0 Å². The molecule has 23 heavy (non-hydrogen) atoms. The first kappa shape index (κ1) is 20.4. The Hall–Kier alpha value is -2.59. The van der Waals surface area contributed by atoms with Crippen LogP contribution in [0.4, 0.5) is 11.4 Å². The summed E-state index contributed by atoms with van der Waals surface area (Å²) in [7, 11) is 0. The number of nitro groups is 2. The molecule has 0 bridgehead atoms. The van der Waals surface area contributed by atoms with Gasteiger partial charge in [-0.3, -0.25) is 20.2 Å². The summed E-state index contributed by atoms with van der Waals surface area (Å²) in [4.78, 5) is 29.4. The van der Waals surface area contributed by atoms with Gasteiger partial charge in [-0.15, -0.1) is 0 Å². The molecule has 10 nitrogen and oxygen atoms in total. The smallest absolute Gasteiger partial charge is 0.342 e. The Balaban J connectivity index is 0.000000515. The molecule has 0 fully saturated rings. The van der Waals surface area contributed by atoms with Crippen molar-refractivity contribution in [2.75, 3.05) is 6.61 Å². The van der Waals surface area contributed by atoms with Crippen LogP contribution < -0.4 is 0 Å². The second-order valence-corrected chi connectivity index (χ2v) is 4.85. The van der Waals surface area contributed by atoms with E-state index in [9.17, 15) is 25.0 Å². The van der Waals surface area contributed by atoms with Gasteiger partial charge in [-0.1, -0.05) is 13.8 Å². The summed E-state index contributed by atoms with van der Waals surface area (Å²) < 4.78 is 4.86. The minimum absolute atomic E-state index is 0.504. The standard InChI is InChI=1S/C7H4N2O6.C6H14O2/c10-7(11)5-2-1-4(8(12)13)3-6(5)9(14)15;1-5(2)4-8-6(3)7/h1-3H,(H,10,11);5-7H,4H2,1-3H3. The molecule has 1 aromatic rings. The van der Waals surface area contributed by atoms with Gasteiger partial charge in [0.25, 0.3) is 11.4 Å². The lowest BCUT2D eigenvalue weighted by Gasteiger charge is -2.07. The number of nitrogens with zero attached hydrogens (tertiary/aromatic N) is 2. The van der Waals surface area contributed by atoms with Gasteiger partial charge in [-0.2, -0.15) is 0 Å². The molecule has 128 valence electrons. The van der Waals surface area contributed by atoms with Crippen LogP contribution in [0.15, 0.2) is 18.2 Å². The van der Waals surface area contributed by atoms with Gasteiger partial charge in [0.2, 0.25) is 0 Å². The van der Waals surface area contributed by atoms with Crippen molar-refractivity contribution in [3.05, 3.63) is 44.0 Å². The predicted octanol–water partition coefficient (Wildman–Crippen LogP) is 2.20. The Labute approximate surface area is 131 Å². The third kappa shape index (κ3) is 7.83. The molecule has 10 heteroatoms. The molecule has 0 spiro atoms. The fourth-order valence-electron chi connectivity index (χ4n) is 1.30. The highest BCUT2D eigenvalue weighted by Crippen LogP contribution is 2.24. The number of hydrogen-bond donors (Lipinski definition) is 2. The van der Waals surface area contributed by atoms with Crippen LogP contribution in [0.5, 0.6) is 0 Å². The van der Waals surface area contributed by atoms with Crippen molar-refractivity contribution in [3.63, 3.8) is 0 Å². The summed E-state index contributed by atoms with van der Waals surface area (Å²) in [5.41, 5.74) is -1.89. The van der Waals surface area contributed by atoms with Crippen molar-refractivity contribution in [1.82, 2.24) is 0 Å². The van der Waals surface area contributed by atoms with Gasteiger partial charge < -0.3 is 14.9 Å². The van der Waals surface area contributed by atoms with Crippen LogP contribution in [-0.4, -0.2) is 38.9 Å². The molecular formula is C13H18N2O8. The summed E-state index contributed by atoms with van der Waals surface area (Å²) in [6, 6.07) is 2.35. The van der Waals surface area contributed by atoms with Crippen molar-refractivity contribution in [2.24, 2.45) is 5.92 Å². The highest BCUT2D eigenvalue weighted by Gasteiger charge is 2.23. The Bertz CT molecular complexity index is 563. The zero-order valence-corrected chi connectivity index (χ0v) is 12.8. The van der Waals surface area contributed by atoms with Crippen molar-refractivity contribution >= 4 is 17.3 Å². The summed E-state index contributed by atoms with van der Waals surface area (Å²) in [5, 5.41) is 37.9. The maximum Gasteiger partial charge on any atom is 0.342 e. The van der Waals surface area contributed by atoms with Gasteiger partial charge in [0.15, 0.2) is 6.29 Å². The number of aliphatic hydroxyl groups is 1. The number of non-ortho nitro benzene ring substituents is 1. The quantitative estimate of drug-likeness (QED) is 0.457. The molecule has 1 rings (SSSR count). The van der Waals surface area contributed by atoms with Gasteiger partial charge in [0.05, 0.1) is 22.5 Å². The highest BCUT2D eigenvalue weighted by molar-refractivity contribution is 5.92. The molecule has 1 atom stereocenters. The van der Waals surface area contributed by atoms with Crippen LogP contribution in [0, 0.1) is 26.1 Å². The van der Waals surface area contributed by atoms with Gasteiger partial charge in [0.1, 0.15) is 5.56 Å². The number of aromatic carboxylic acids is 1. The fraction of sp³-hybridized carbons (Fsp3) is 0.462. The number of carboxylic acids is 1. The maximum absolute atomic E-state index is 10.5. The number of carbonyl (C=O) groups is 1. The first-order valence-electron chi connectivity index (χ1n) is 6.52. The van der Waals surface area contributed by atoms with E-state index < -0.39 is 39.0 Å². The molecule has 0 aliphatic heterocycles. The fourth-order valence-corrected chi connectivity index (χ4v) is 1.30. The number of benzene rings is 1. The van der Waals surface area contributed by atoms with Crippen LogP contribution in [0.3, 0.4) is 0 Å². The summed E-state index contributed by atoms with van der Waals surface area (Å²) >= 11 is 0. The molecule has 2 N–H and O–H groups in total.